The van der Waals surface area contributed by atoms with Gasteiger partial charge >= 0.3 is 12.1 Å². The number of fused-ring (bicyclic) bond motifs is 1. The van der Waals surface area contributed by atoms with Crippen LogP contribution in [0.1, 0.15) is 80.2 Å². The monoisotopic (exact) mass is 817 g/mol. The third-order valence-corrected chi connectivity index (χ3v) is 13.0. The Kier molecular flexibility index (Phi) is 13.8. The van der Waals surface area contributed by atoms with E-state index in [4.69, 9.17) is 33.1 Å². The molecule has 4 aliphatic heterocycles. The molecule has 1 amide bonds. The van der Waals surface area contributed by atoms with Gasteiger partial charge in [0.1, 0.15) is 30.5 Å². The fourth-order valence-corrected chi connectivity index (χ4v) is 9.89. The minimum Gasteiger partial charge on any atom is -0.464 e. The molecule has 2 bridgehead atoms. The van der Waals surface area contributed by atoms with Crippen molar-refractivity contribution in [3.63, 3.8) is 0 Å². The van der Waals surface area contributed by atoms with Crippen LogP contribution < -0.4 is 0 Å². The second-order valence-corrected chi connectivity index (χ2v) is 17.6. The first-order valence-corrected chi connectivity index (χ1v) is 21.1. The van der Waals surface area contributed by atoms with Crippen molar-refractivity contribution in [2.24, 2.45) is 28.7 Å². The molecule has 6 rings (SSSR count). The van der Waals surface area contributed by atoms with E-state index in [-0.39, 0.29) is 30.6 Å². The molecule has 1 aromatic heterocycles. The van der Waals surface area contributed by atoms with Crippen molar-refractivity contribution in [3.8, 4) is 23.2 Å². The predicted octanol–water partition coefficient (Wildman–Crippen LogP) is 5.95. The van der Waals surface area contributed by atoms with Crippen LogP contribution in [0.4, 0.5) is 4.79 Å². The first-order valence-electron chi connectivity index (χ1n) is 21.1. The number of furan rings is 1. The highest BCUT2D eigenvalue weighted by atomic mass is 16.7. The molecule has 3 saturated heterocycles. The van der Waals surface area contributed by atoms with E-state index in [9.17, 15) is 19.5 Å². The lowest BCUT2D eigenvalue weighted by molar-refractivity contribution is -0.296. The van der Waals surface area contributed by atoms with Gasteiger partial charge in [0.05, 0.1) is 36.7 Å². The van der Waals surface area contributed by atoms with Crippen molar-refractivity contribution >= 4 is 23.6 Å². The second kappa shape index (κ2) is 18.3. The Balaban J connectivity index is 1.37. The summed E-state index contributed by atoms with van der Waals surface area (Å²) >= 11 is 0. The number of amides is 1. The van der Waals surface area contributed by atoms with Crippen LogP contribution in [0.15, 0.2) is 52.1 Å². The van der Waals surface area contributed by atoms with E-state index < -0.39 is 71.5 Å². The fraction of sp³-hybridized carbons (Fsp3) is 0.652. The van der Waals surface area contributed by atoms with Gasteiger partial charge in [-0.1, -0.05) is 63.8 Å². The largest absolute Gasteiger partial charge is 0.464 e. The van der Waals surface area contributed by atoms with Gasteiger partial charge in [-0.05, 0) is 84.7 Å². The van der Waals surface area contributed by atoms with Gasteiger partial charge in [-0.3, -0.25) is 19.5 Å². The highest BCUT2D eigenvalue weighted by Crippen LogP contribution is 2.44. The lowest BCUT2D eigenvalue weighted by Crippen LogP contribution is -2.60. The molecule has 0 radical (unpaired) electrons. The quantitative estimate of drug-likeness (QED) is 0.191. The summed E-state index contributed by atoms with van der Waals surface area (Å²) in [4.78, 5) is 50.8. The summed E-state index contributed by atoms with van der Waals surface area (Å²) in [6, 6.07) is 11.0. The summed E-state index contributed by atoms with van der Waals surface area (Å²) in [6.07, 6.45) is -1.29. The molecule has 322 valence electrons. The van der Waals surface area contributed by atoms with Crippen LogP contribution in [0, 0.1) is 35.5 Å². The van der Waals surface area contributed by atoms with Crippen LogP contribution in [-0.2, 0) is 39.7 Å². The van der Waals surface area contributed by atoms with Crippen molar-refractivity contribution in [1.29, 1.82) is 0 Å². The van der Waals surface area contributed by atoms with E-state index in [1.54, 1.807) is 18.1 Å². The Bertz CT molecular complexity index is 1890. The lowest BCUT2D eigenvalue weighted by atomic mass is 9.73. The summed E-state index contributed by atoms with van der Waals surface area (Å²) in [5.41, 5.74) is 0.438. The zero-order valence-electron chi connectivity index (χ0n) is 36.3. The normalized spacial score (nSPS) is 36.8. The van der Waals surface area contributed by atoms with E-state index in [0.29, 0.717) is 38.8 Å². The molecular weight excluding hydrogens is 755 g/mol. The molecule has 4 aliphatic rings. The number of carbonyl (C=O) groups is 3. The van der Waals surface area contributed by atoms with Crippen LogP contribution in [-0.4, -0.2) is 126 Å². The Morgan fingerprint density at radius 1 is 1.02 bits per heavy atom. The van der Waals surface area contributed by atoms with Gasteiger partial charge in [-0.25, -0.2) is 4.79 Å². The number of nitrogens with zero attached hydrogens (tertiary/aromatic N) is 3. The molecule has 0 aliphatic carbocycles. The molecule has 13 heteroatoms. The summed E-state index contributed by atoms with van der Waals surface area (Å²) < 4.78 is 37.8. The number of hydrogen-bond donors (Lipinski definition) is 1. The van der Waals surface area contributed by atoms with Crippen LogP contribution in [0.2, 0.25) is 0 Å². The predicted molar refractivity (Wildman–Crippen MR) is 221 cm³/mol. The Labute approximate surface area is 349 Å². The first kappa shape index (κ1) is 44.5. The third kappa shape index (κ3) is 9.17. The van der Waals surface area contributed by atoms with E-state index in [0.717, 1.165) is 22.6 Å². The number of Topliss-reactive ketones (excluding diaryl/α,β-unsaturated/α-hetero) is 1. The number of likely N-dealkylation sites (N-methyl/N-ethyl adjacent to an activating group) is 1. The minimum absolute atomic E-state index is 0.00783. The maximum absolute atomic E-state index is 14.6. The summed E-state index contributed by atoms with van der Waals surface area (Å²) in [7, 11) is 3.80. The van der Waals surface area contributed by atoms with Crippen molar-refractivity contribution in [3.05, 3.63) is 48.2 Å². The van der Waals surface area contributed by atoms with Gasteiger partial charge in [0.2, 0.25) is 0 Å². The molecule has 0 saturated carbocycles. The molecule has 1 aromatic carbocycles. The smallest absolute Gasteiger partial charge is 0.410 e. The number of ketones is 1. The van der Waals surface area contributed by atoms with Gasteiger partial charge in [-0.15, -0.1) is 0 Å². The molecular formula is C46H63N3O10. The van der Waals surface area contributed by atoms with Gasteiger partial charge in [0.25, 0.3) is 0 Å². The van der Waals surface area contributed by atoms with Gasteiger partial charge in [0.15, 0.2) is 17.7 Å². The average Bonchev–Trinajstić information content (AvgIpc) is 3.78. The summed E-state index contributed by atoms with van der Waals surface area (Å²) in [5, 5.41) is 11.7. The number of aliphatic imine (C=N–C) groups is 1. The number of esters is 1. The first-order chi connectivity index (χ1) is 28.0. The molecule has 5 heterocycles. The zero-order chi connectivity index (χ0) is 42.8. The van der Waals surface area contributed by atoms with Gasteiger partial charge in [-0.2, -0.15) is 0 Å². The third-order valence-electron chi connectivity index (χ3n) is 13.0. The standard InChI is InChI=1S/C46H63N3O10/c1-11-36-46(8)40-29(4)37(47-21-22-49(40)44(53)59-46)27(2)26-45(7,55-24-13-12-15-32-17-19-33(20-18-32)35-16-14-23-54-35)41(30(5)38(50)31(6)42(52)57-36)58-43-39(51)34(48(9)10)25-28(3)56-43/h14,16-20,23,27-31,34,36,39-41,43,51H,11,15,21-22,24-26H2,1-10H3/t27-,28-,29-,30+,31-,34+,36+,39-,40-,41-,43+,45-,46-/m1/s1. The molecule has 0 spiro atoms. The molecule has 13 atom stereocenters. The molecule has 13 nitrogen and oxygen atoms in total. The number of cyclic esters (lactones) is 1. The van der Waals surface area contributed by atoms with Crippen LogP contribution >= 0.6 is 0 Å². The SMILES string of the molecule is CC[C@@H]1OC(=O)[C@H](C)C(=O)[C@H](C)[C@@H](O[C@@H]2O[C@H](C)C[C@H](N(C)C)[C@H]2O)[C@](C)(OCC#CCc2ccc(-c3ccco3)cc2)C[C@@H](C)C2=NCCN3C(=O)O[C@@]1(C)[C@H]3[C@@H]2C. The number of aliphatic hydroxyl groups excluding tert-OH is 1. The lowest BCUT2D eigenvalue weighted by Gasteiger charge is -2.47. The summed E-state index contributed by atoms with van der Waals surface area (Å²) in [5.74, 6) is 3.44. The van der Waals surface area contributed by atoms with Crippen molar-refractivity contribution in [2.45, 2.75) is 135 Å². The number of aliphatic hydroxyl groups is 1. The Hall–Kier alpha value is -4.06. The van der Waals surface area contributed by atoms with Crippen molar-refractivity contribution in [2.75, 3.05) is 33.8 Å². The van der Waals surface area contributed by atoms with E-state index in [1.165, 1.54) is 6.92 Å². The number of benzene rings is 1. The highest BCUT2D eigenvalue weighted by molar-refractivity contribution is 6.00. The number of rotatable bonds is 8. The fourth-order valence-electron chi connectivity index (χ4n) is 9.89. The van der Waals surface area contributed by atoms with E-state index in [2.05, 4.69) is 18.8 Å². The summed E-state index contributed by atoms with van der Waals surface area (Å²) in [6.45, 7) is 15.6. The molecule has 3 fully saturated rings. The minimum atomic E-state index is -1.23. The van der Waals surface area contributed by atoms with E-state index in [1.807, 2.05) is 90.0 Å². The highest BCUT2D eigenvalue weighted by Gasteiger charge is 2.60. The van der Waals surface area contributed by atoms with E-state index >= 15 is 0 Å². The number of hydrogen-bond acceptors (Lipinski definition) is 12. The maximum atomic E-state index is 14.6. The van der Waals surface area contributed by atoms with Crippen molar-refractivity contribution in [1.82, 2.24) is 9.80 Å². The molecule has 1 N–H and O–H groups in total. The Morgan fingerprint density at radius 2 is 1.75 bits per heavy atom. The van der Waals surface area contributed by atoms with Crippen LogP contribution in [0.3, 0.4) is 0 Å². The topological polar surface area (TPSA) is 150 Å². The van der Waals surface area contributed by atoms with Gasteiger partial charge in [0, 0.05) is 42.1 Å². The molecule has 2 aromatic rings. The average molecular weight is 818 g/mol. The molecule has 0 unspecified atom stereocenters. The number of carbonyl (C=O) groups excluding carboxylic acids is 3. The van der Waals surface area contributed by atoms with Gasteiger partial charge < -0.3 is 38.1 Å². The molecule has 59 heavy (non-hydrogen) atoms. The van der Waals surface area contributed by atoms with Crippen LogP contribution in [0.25, 0.3) is 11.3 Å². The zero-order valence-corrected chi connectivity index (χ0v) is 36.3. The van der Waals surface area contributed by atoms with Crippen LogP contribution in [0.5, 0.6) is 0 Å². The second-order valence-electron chi connectivity index (χ2n) is 17.6. The number of ether oxygens (including phenoxy) is 5. The maximum Gasteiger partial charge on any atom is 0.410 e. The Morgan fingerprint density at radius 3 is 2.41 bits per heavy atom. The van der Waals surface area contributed by atoms with Crippen molar-refractivity contribution < 1.29 is 47.6 Å².